The Morgan fingerprint density at radius 3 is 0.884 bits per heavy atom. The summed E-state index contributed by atoms with van der Waals surface area (Å²) in [6.45, 7) is 55.0. The van der Waals surface area contributed by atoms with Gasteiger partial charge in [-0.05, 0) is 200 Å². The zero-order chi connectivity index (χ0) is 72.4. The molecule has 0 heterocycles. The van der Waals surface area contributed by atoms with Crippen molar-refractivity contribution in [1.29, 1.82) is 10.5 Å². The molecule has 0 aliphatic carbocycles. The number of hydrogen-bond donors (Lipinski definition) is 4. The lowest BCUT2D eigenvalue weighted by molar-refractivity contribution is 0.111. The molecule has 0 saturated carbocycles. The fourth-order valence-electron chi connectivity index (χ4n) is 8.85. The molecule has 0 atom stereocenters. The van der Waals surface area contributed by atoms with Gasteiger partial charge in [-0.25, -0.2) is 20.2 Å². The molecule has 6 aromatic carbocycles. The molecule has 0 aliphatic rings. The van der Waals surface area contributed by atoms with Crippen LogP contribution < -0.4 is 11.5 Å². The quantitative estimate of drug-likeness (QED) is 0.0148. The maximum atomic E-state index is 10.5. The van der Waals surface area contributed by atoms with Crippen molar-refractivity contribution in [1.82, 2.24) is 0 Å². The first-order valence-corrected chi connectivity index (χ1v) is 33.5. The number of halogens is 5. The molecule has 0 bridgehead atoms. The van der Waals surface area contributed by atoms with Crippen LogP contribution in [0.4, 0.5) is 0 Å². The average molecular weight is 1600 g/mol. The second-order valence-corrected chi connectivity index (χ2v) is 30.9. The fourth-order valence-corrected chi connectivity index (χ4v) is 12.6. The van der Waals surface area contributed by atoms with Crippen molar-refractivity contribution in [3.63, 3.8) is 0 Å². The Bertz CT molecular complexity index is 3730. The molecule has 6 aromatic rings. The summed E-state index contributed by atoms with van der Waals surface area (Å²) in [5.74, 6) is -0.419. The van der Waals surface area contributed by atoms with Crippen molar-refractivity contribution in [2.24, 2.45) is 43.4 Å². The highest BCUT2D eigenvalue weighted by molar-refractivity contribution is 9.12. The number of nitrogens with two attached hydrogens (primary N) is 2. The van der Waals surface area contributed by atoms with E-state index in [2.05, 4.69) is 233 Å². The summed E-state index contributed by atoms with van der Waals surface area (Å²) >= 11 is 16.6. The summed E-state index contributed by atoms with van der Waals surface area (Å²) in [4.78, 5) is 27.1. The molecule has 95 heavy (non-hydrogen) atoms. The third-order valence-electron chi connectivity index (χ3n) is 12.2. The van der Waals surface area contributed by atoms with Gasteiger partial charge in [0.05, 0.1) is 30.9 Å². The van der Waals surface area contributed by atoms with E-state index in [0.717, 1.165) is 99.6 Å². The third kappa shape index (κ3) is 36.8. The van der Waals surface area contributed by atoms with Gasteiger partial charge in [0.25, 0.3) is 11.4 Å². The monoisotopic (exact) mass is 1590 g/mol. The van der Waals surface area contributed by atoms with Crippen LogP contribution in [0.3, 0.4) is 0 Å². The van der Waals surface area contributed by atoms with Crippen LogP contribution in [0.5, 0.6) is 0 Å². The van der Waals surface area contributed by atoms with E-state index in [1.54, 1.807) is 66.8 Å². The number of nitrogens with zero attached hydrogens (tertiary/aromatic N) is 6. The normalized spacial score (nSPS) is 11.4. The largest absolute Gasteiger partial charge is 0.409 e. The molecule has 0 unspecified atom stereocenters. The van der Waals surface area contributed by atoms with Crippen LogP contribution >= 0.6 is 79.6 Å². The number of allylic oxidation sites excluding steroid dienone is 2. The Labute approximate surface area is 606 Å². The van der Waals surface area contributed by atoms with Gasteiger partial charge in [-0.3, -0.25) is 9.59 Å². The van der Waals surface area contributed by atoms with E-state index in [4.69, 9.17) is 45.5 Å². The van der Waals surface area contributed by atoms with Gasteiger partial charge in [-0.1, -0.05) is 260 Å². The lowest BCUT2D eigenvalue weighted by atomic mass is 9.83. The topological polar surface area (TPSA) is 208 Å². The van der Waals surface area contributed by atoms with Crippen molar-refractivity contribution in [3.8, 4) is 12.1 Å². The Balaban J connectivity index is 0.000000593. The van der Waals surface area contributed by atoms with E-state index >= 15 is 0 Å². The maximum absolute atomic E-state index is 10.5. The first kappa shape index (κ1) is 84.8. The van der Waals surface area contributed by atoms with Gasteiger partial charge in [-0.2, -0.15) is 0 Å². The van der Waals surface area contributed by atoms with Gasteiger partial charge < -0.3 is 21.9 Å². The lowest BCUT2D eigenvalue weighted by Gasteiger charge is -2.22. The van der Waals surface area contributed by atoms with E-state index in [1.165, 1.54) is 22.3 Å². The van der Waals surface area contributed by atoms with E-state index in [0.29, 0.717) is 11.1 Å². The number of hydrogen-bond acceptors (Lipinski definition) is 8. The van der Waals surface area contributed by atoms with Crippen LogP contribution in [0.25, 0.3) is 52.2 Å². The zero-order valence-corrected chi connectivity index (χ0v) is 64.1. The minimum absolute atomic E-state index is 0.0659. The molecule has 12 nitrogen and oxygen atoms in total. The second-order valence-electron chi connectivity index (χ2n) is 26.4. The number of nitriles is 2. The zero-order valence-electron chi connectivity index (χ0n) is 56.2. The lowest BCUT2D eigenvalue weighted by Crippen LogP contribution is -2.26. The van der Waals surface area contributed by atoms with Gasteiger partial charge in [0.1, 0.15) is 12.6 Å². The second kappa shape index (κ2) is 41.5. The summed E-state index contributed by atoms with van der Waals surface area (Å²) < 4.78 is 5.03. The van der Waals surface area contributed by atoms with E-state index < -0.39 is 0 Å². The molecule has 0 fully saturated rings. The van der Waals surface area contributed by atoms with Crippen molar-refractivity contribution < 1.29 is 20.0 Å². The van der Waals surface area contributed by atoms with Crippen LogP contribution in [-0.4, -0.2) is 34.7 Å². The Hall–Kier alpha value is -8.26. The number of benzene rings is 6. The van der Waals surface area contributed by atoms with Gasteiger partial charge in [0.15, 0.2) is 11.7 Å². The standard InChI is InChI=1S/C20H32N4O2.C20H26N2.C14H10N2.C11H10O.C7H4Br2O.C6H3Br3/c1-19(2,3)11-14-7-13(8-15(9-14)12-20(4,5)6)10-16(17(21)23-25)18(22)24-26;1-19(2,3)12-16-8-15(11-18(14-21)22-7)9-17(10-16)13-20(4,5)6;1-4-11-6-12(5-2)8-13(7-11)9-14(10-15)16-3;1-3-9-5-10(4-2)7-11(6-9)8-12;8-6-1-5(4-10)2-7(9)3-6;7-4-1-5(8)3-6(9)2-4/h7-10,25-26H,11-12H2,1-6H3,(H2,21,23)(H2,22,24);8-11H,12-13H2,1-6H3;4-9H,1-2H2;3-8H,1-2H2;1-4H;1-3H. The summed E-state index contributed by atoms with van der Waals surface area (Å²) in [6.07, 6.45) is 17.2. The van der Waals surface area contributed by atoms with Crippen LogP contribution in [-0.2, 0) is 25.7 Å². The highest BCUT2D eigenvalue weighted by Gasteiger charge is 2.19. The van der Waals surface area contributed by atoms with E-state index in [1.807, 2.05) is 72.8 Å². The van der Waals surface area contributed by atoms with Crippen molar-refractivity contribution >= 4 is 146 Å². The first-order chi connectivity index (χ1) is 44.3. The number of oxime groups is 2. The minimum Gasteiger partial charge on any atom is -0.409 e. The first-order valence-electron chi connectivity index (χ1n) is 29.5. The fraction of sp³-hybridized carbons (Fsp3) is 0.256. The predicted octanol–water partition coefficient (Wildman–Crippen LogP) is 22.9. The number of rotatable bonds is 15. The highest BCUT2D eigenvalue weighted by atomic mass is 79.9. The van der Waals surface area contributed by atoms with Crippen molar-refractivity contribution in [2.45, 2.75) is 109 Å². The number of aldehydes is 2. The Kier molecular flexibility index (Phi) is 37.1. The Morgan fingerprint density at radius 2 is 0.653 bits per heavy atom. The summed E-state index contributed by atoms with van der Waals surface area (Å²) in [7, 11) is 0. The van der Waals surface area contributed by atoms with Crippen LogP contribution in [0.1, 0.15) is 165 Å². The number of amidine groups is 2. The van der Waals surface area contributed by atoms with Gasteiger partial charge in [-0.15, -0.1) is 0 Å². The van der Waals surface area contributed by atoms with E-state index in [9.17, 15) is 9.59 Å². The van der Waals surface area contributed by atoms with Gasteiger partial charge in [0.2, 0.25) is 0 Å². The molecular formula is C78H85Br5N8O4. The van der Waals surface area contributed by atoms with Gasteiger partial charge in [0, 0.05) is 33.5 Å². The molecule has 6 N–H and O–H groups in total. The third-order valence-corrected chi connectivity index (χ3v) is 14.5. The predicted molar refractivity (Wildman–Crippen MR) is 416 cm³/mol. The number of carbonyl (C=O) groups is 2. The molecule has 496 valence electrons. The maximum Gasteiger partial charge on any atom is 0.262 e. The highest BCUT2D eigenvalue weighted by Crippen LogP contribution is 2.30. The molecule has 0 amide bonds. The molecule has 0 saturated heterocycles. The van der Waals surface area contributed by atoms with Gasteiger partial charge >= 0.3 is 0 Å². The van der Waals surface area contributed by atoms with Crippen molar-refractivity contribution in [3.05, 3.63) is 270 Å². The minimum atomic E-state index is -0.209. The van der Waals surface area contributed by atoms with E-state index in [-0.39, 0.29) is 50.3 Å². The average Bonchev–Trinajstić information content (AvgIpc) is 0.857. The molecule has 6 rings (SSSR count). The van der Waals surface area contributed by atoms with Crippen LogP contribution in [0, 0.1) is 57.5 Å². The summed E-state index contributed by atoms with van der Waals surface area (Å²) in [6, 6.07) is 39.1. The summed E-state index contributed by atoms with van der Waals surface area (Å²) in [5, 5.41) is 41.5. The molecule has 17 heteroatoms. The van der Waals surface area contributed by atoms with Crippen LogP contribution in [0.2, 0.25) is 0 Å². The molecule has 0 spiro atoms. The molecule has 0 aromatic heterocycles. The van der Waals surface area contributed by atoms with Crippen molar-refractivity contribution in [2.75, 3.05) is 0 Å². The van der Waals surface area contributed by atoms with Crippen LogP contribution in [0.15, 0.2) is 185 Å². The Morgan fingerprint density at radius 1 is 0.421 bits per heavy atom. The molecule has 0 aliphatic heterocycles. The molecular weight excluding hydrogens is 1510 g/mol. The molecule has 0 radical (unpaired) electrons. The SMILES string of the molecule is Brc1cc(Br)cc(Br)c1.C=Cc1cc(C=C)cc(C=O)c1.CC(C)(C)Cc1cc(C=C(/C(N)=N/O)/C(N)=N/O)cc(CC(C)(C)C)c1.O=Cc1cc(Br)cc(Br)c1.[C-]#[N+]C(C#N)=Cc1cc(C=C)cc(C=C)c1.[C-]#[N+]C(C#N)=Cc1cc(CC(C)(C)C)cc(CC(C)(C)C)c1. The smallest absolute Gasteiger partial charge is 0.262 e. The number of carbonyl (C=O) groups excluding carboxylic acids is 2. The summed E-state index contributed by atoms with van der Waals surface area (Å²) in [5.41, 5.74) is 25.0.